The number of hydrogen-bond acceptors (Lipinski definition) is 4. The van der Waals surface area contributed by atoms with Crippen LogP contribution >= 0.6 is 0 Å². The quantitative estimate of drug-likeness (QED) is 0.711. The molecule has 2 aliphatic rings. The number of amides is 1. The third kappa shape index (κ3) is 4.98. The van der Waals surface area contributed by atoms with Gasteiger partial charge in [-0.25, -0.2) is 0 Å². The molecule has 2 atom stereocenters. The lowest BCUT2D eigenvalue weighted by molar-refractivity contribution is 0.0902. The van der Waals surface area contributed by atoms with Crippen molar-refractivity contribution < 1.29 is 4.79 Å². The summed E-state index contributed by atoms with van der Waals surface area (Å²) >= 11 is 0. The molecule has 5 nitrogen and oxygen atoms in total. The molecule has 2 heterocycles. The van der Waals surface area contributed by atoms with Gasteiger partial charge < -0.3 is 16.0 Å². The van der Waals surface area contributed by atoms with E-state index in [2.05, 4.69) is 68.0 Å². The van der Waals surface area contributed by atoms with Gasteiger partial charge in [0.05, 0.1) is 11.3 Å². The summed E-state index contributed by atoms with van der Waals surface area (Å²) in [6, 6.07) is 6.74. The summed E-state index contributed by atoms with van der Waals surface area (Å²) in [7, 11) is 0. The Labute approximate surface area is 192 Å². The van der Waals surface area contributed by atoms with E-state index < -0.39 is 0 Å². The number of nitrogens with one attached hydrogen (secondary N) is 1. The van der Waals surface area contributed by atoms with Crippen molar-refractivity contribution in [2.75, 3.05) is 18.0 Å². The second-order valence-electron chi connectivity index (χ2n) is 11.2. The van der Waals surface area contributed by atoms with Gasteiger partial charge in [-0.1, -0.05) is 49.6 Å². The van der Waals surface area contributed by atoms with Crippen LogP contribution in [0.5, 0.6) is 0 Å². The smallest absolute Gasteiger partial charge is 0.255 e. The molecule has 3 N–H and O–H groups in total. The molecule has 1 unspecified atom stereocenters. The lowest BCUT2D eigenvalue weighted by Gasteiger charge is -2.35. The Kier molecular flexibility index (Phi) is 6.06. The molecule has 5 heteroatoms. The number of nitrogens with two attached hydrogens (primary N) is 1. The first-order valence-electron chi connectivity index (χ1n) is 11.9. The average Bonchev–Trinajstić information content (AvgIpc) is 3.05. The van der Waals surface area contributed by atoms with E-state index in [0.29, 0.717) is 5.56 Å². The van der Waals surface area contributed by atoms with Crippen molar-refractivity contribution >= 4 is 11.6 Å². The number of rotatable bonds is 4. The number of carbonyl (C=O) groups excluding carboxylic acids is 1. The highest BCUT2D eigenvalue weighted by atomic mass is 16.1. The standard InChI is InChI=1S/C27H38N4O/c1-18-11-19(2)13-20(12-18)22-15-29-16-23(24(22)31-10-9-27(5,28)17-31)25(32)30-21-7-6-8-26(3,4)14-21/h11-13,15-16,21H,6-10,14,17,28H2,1-5H3,(H,30,32)/t21?,27-/m0/s1. The fraction of sp³-hybridized carbons (Fsp3) is 0.556. The molecule has 1 aliphatic carbocycles. The van der Waals surface area contributed by atoms with Crippen LogP contribution in [0.25, 0.3) is 11.1 Å². The van der Waals surface area contributed by atoms with E-state index in [4.69, 9.17) is 5.73 Å². The summed E-state index contributed by atoms with van der Waals surface area (Å²) in [6.07, 6.45) is 8.97. The average molecular weight is 435 g/mol. The maximum atomic E-state index is 13.6. The number of hydrogen-bond donors (Lipinski definition) is 2. The van der Waals surface area contributed by atoms with Crippen LogP contribution in [0.2, 0.25) is 0 Å². The van der Waals surface area contributed by atoms with Gasteiger partial charge in [0.25, 0.3) is 5.91 Å². The second-order valence-corrected chi connectivity index (χ2v) is 11.2. The molecule has 1 aliphatic heterocycles. The van der Waals surface area contributed by atoms with Gasteiger partial charge in [-0.15, -0.1) is 0 Å². The molecule has 4 rings (SSSR count). The van der Waals surface area contributed by atoms with Crippen LogP contribution in [0.15, 0.2) is 30.6 Å². The van der Waals surface area contributed by atoms with Crippen molar-refractivity contribution in [3.05, 3.63) is 47.3 Å². The molecule has 0 bridgehead atoms. The van der Waals surface area contributed by atoms with Gasteiger partial charge in [-0.05, 0) is 57.4 Å². The highest BCUT2D eigenvalue weighted by molar-refractivity contribution is 6.03. The van der Waals surface area contributed by atoms with Crippen LogP contribution in [-0.2, 0) is 0 Å². The number of aromatic nitrogens is 1. The largest absolute Gasteiger partial charge is 0.368 e. The van der Waals surface area contributed by atoms with Crippen molar-refractivity contribution in [2.45, 2.75) is 78.3 Å². The minimum Gasteiger partial charge on any atom is -0.368 e. The number of pyridine rings is 1. The summed E-state index contributed by atoms with van der Waals surface area (Å²) in [4.78, 5) is 20.4. The third-order valence-corrected chi connectivity index (χ3v) is 7.06. The summed E-state index contributed by atoms with van der Waals surface area (Å²) in [5, 5.41) is 3.34. The van der Waals surface area contributed by atoms with Crippen molar-refractivity contribution in [1.29, 1.82) is 0 Å². The van der Waals surface area contributed by atoms with Gasteiger partial charge in [-0.3, -0.25) is 9.78 Å². The number of nitrogens with zero attached hydrogens (tertiary/aromatic N) is 2. The maximum absolute atomic E-state index is 13.6. The number of aryl methyl sites for hydroxylation is 2. The van der Waals surface area contributed by atoms with Crippen molar-refractivity contribution in [2.24, 2.45) is 11.1 Å². The first kappa shape index (κ1) is 22.8. The van der Waals surface area contributed by atoms with Gasteiger partial charge in [0.2, 0.25) is 0 Å². The Morgan fingerprint density at radius 1 is 1.12 bits per heavy atom. The molecular formula is C27H38N4O. The lowest BCUT2D eigenvalue weighted by Crippen LogP contribution is -2.42. The zero-order valence-electron chi connectivity index (χ0n) is 20.3. The Balaban J connectivity index is 1.74. The molecule has 1 aromatic heterocycles. The van der Waals surface area contributed by atoms with Gasteiger partial charge in [0.1, 0.15) is 0 Å². The van der Waals surface area contributed by atoms with Crippen LogP contribution in [-0.4, -0.2) is 35.6 Å². The summed E-state index contributed by atoms with van der Waals surface area (Å²) in [5.41, 5.74) is 12.6. The molecule has 172 valence electrons. The highest BCUT2D eigenvalue weighted by Gasteiger charge is 2.34. The maximum Gasteiger partial charge on any atom is 0.255 e. The lowest BCUT2D eigenvalue weighted by atomic mass is 9.75. The summed E-state index contributed by atoms with van der Waals surface area (Å²) < 4.78 is 0. The van der Waals surface area contributed by atoms with Crippen molar-refractivity contribution in [1.82, 2.24) is 10.3 Å². The fourth-order valence-electron chi connectivity index (χ4n) is 5.56. The van der Waals surface area contributed by atoms with E-state index >= 15 is 0 Å². The molecule has 0 radical (unpaired) electrons. The fourth-order valence-corrected chi connectivity index (χ4v) is 5.56. The minimum absolute atomic E-state index is 0.0213. The molecule has 1 saturated heterocycles. The molecule has 1 aromatic carbocycles. The number of benzene rings is 1. The van der Waals surface area contributed by atoms with Gasteiger partial charge in [0, 0.05) is 42.6 Å². The molecule has 1 saturated carbocycles. The SMILES string of the molecule is Cc1cc(C)cc(-c2cncc(C(=O)NC3CCCC(C)(C)C3)c2N2CC[C@](C)(N)C2)c1. The topological polar surface area (TPSA) is 71.2 Å². The Hall–Kier alpha value is -2.40. The monoisotopic (exact) mass is 434 g/mol. The van der Waals surface area contributed by atoms with E-state index in [0.717, 1.165) is 55.6 Å². The second kappa shape index (κ2) is 8.51. The van der Waals surface area contributed by atoms with E-state index in [1.807, 2.05) is 6.20 Å². The third-order valence-electron chi connectivity index (χ3n) is 7.06. The van der Waals surface area contributed by atoms with Crippen molar-refractivity contribution in [3.63, 3.8) is 0 Å². The predicted octanol–water partition coefficient (Wildman–Crippen LogP) is 4.99. The van der Waals surface area contributed by atoms with E-state index in [-0.39, 0.29) is 22.9 Å². The molecule has 1 amide bonds. The molecule has 2 fully saturated rings. The van der Waals surface area contributed by atoms with E-state index in [1.165, 1.54) is 17.5 Å². The summed E-state index contributed by atoms with van der Waals surface area (Å²) in [6.45, 7) is 12.5. The molecular weight excluding hydrogens is 396 g/mol. The van der Waals surface area contributed by atoms with Crippen LogP contribution in [0.1, 0.15) is 74.4 Å². The molecule has 2 aromatic rings. The molecule has 32 heavy (non-hydrogen) atoms. The van der Waals surface area contributed by atoms with Crippen LogP contribution in [0.3, 0.4) is 0 Å². The van der Waals surface area contributed by atoms with Crippen molar-refractivity contribution in [3.8, 4) is 11.1 Å². The van der Waals surface area contributed by atoms with Crippen LogP contribution in [0.4, 0.5) is 5.69 Å². The van der Waals surface area contributed by atoms with Gasteiger partial charge in [0.15, 0.2) is 0 Å². The van der Waals surface area contributed by atoms with Gasteiger partial charge in [-0.2, -0.15) is 0 Å². The van der Waals surface area contributed by atoms with Crippen LogP contribution in [0, 0.1) is 19.3 Å². The van der Waals surface area contributed by atoms with Crippen LogP contribution < -0.4 is 16.0 Å². The number of anilines is 1. The predicted molar refractivity (Wildman–Crippen MR) is 132 cm³/mol. The molecule has 0 spiro atoms. The Bertz CT molecular complexity index is 990. The zero-order chi connectivity index (χ0) is 23.1. The normalized spacial score (nSPS) is 25.1. The first-order chi connectivity index (χ1) is 15.0. The Morgan fingerprint density at radius 2 is 1.84 bits per heavy atom. The van der Waals surface area contributed by atoms with Gasteiger partial charge >= 0.3 is 0 Å². The van der Waals surface area contributed by atoms with E-state index in [9.17, 15) is 4.79 Å². The highest BCUT2D eigenvalue weighted by Crippen LogP contribution is 2.38. The first-order valence-corrected chi connectivity index (χ1v) is 11.9. The van der Waals surface area contributed by atoms with E-state index in [1.54, 1.807) is 6.20 Å². The minimum atomic E-state index is -0.260. The Morgan fingerprint density at radius 3 is 2.47 bits per heavy atom. The zero-order valence-corrected chi connectivity index (χ0v) is 20.3. The summed E-state index contributed by atoms with van der Waals surface area (Å²) in [5.74, 6) is -0.0213. The number of carbonyl (C=O) groups is 1.